The van der Waals surface area contributed by atoms with E-state index >= 15 is 0 Å². The van der Waals surface area contributed by atoms with Crippen LogP contribution in [0.5, 0.6) is 0 Å². The summed E-state index contributed by atoms with van der Waals surface area (Å²) in [6.45, 7) is 33.2. The molecule has 5 heteroatoms. The third-order valence-corrected chi connectivity index (χ3v) is 9.48. The van der Waals surface area contributed by atoms with Gasteiger partial charge in [0.2, 0.25) is 0 Å². The monoisotopic (exact) mass is 649 g/mol. The number of ether oxygens (including phenoxy) is 1. The summed E-state index contributed by atoms with van der Waals surface area (Å²) < 4.78 is 6.38. The number of hydrogen-bond acceptors (Lipinski definition) is 4. The van der Waals surface area contributed by atoms with E-state index in [2.05, 4.69) is 93.5 Å². The summed E-state index contributed by atoms with van der Waals surface area (Å²) in [4.78, 5) is 25.5. The number of allylic oxidation sites excluding steroid dienone is 3. The van der Waals surface area contributed by atoms with E-state index in [1.807, 2.05) is 27.7 Å². The number of carboxylic acid groups (broad SMARTS) is 1. The molecule has 0 rings (SSSR count). The zero-order valence-electron chi connectivity index (χ0n) is 33.2. The first kappa shape index (κ1) is 44.4. The molecule has 46 heavy (non-hydrogen) atoms. The first-order chi connectivity index (χ1) is 20.5. The molecule has 0 radical (unpaired) electrons. The van der Waals surface area contributed by atoms with Gasteiger partial charge in [0.15, 0.2) is 0 Å². The van der Waals surface area contributed by atoms with Gasteiger partial charge in [-0.15, -0.1) is 0 Å². The number of unbranched alkanes of at least 4 members (excludes halogenated alkanes) is 3. The standard InChI is InChI=1S/C41H76O5/c1-17-18-19-20-23-31(24-21-26-36(5,6)29-39(11,12)33(43)44)41(15,16)46-34(45)40(13,14)30-37(7,8)27-22-25-32(42)38(9,10)28-35(2,3)4/h21-22,26-27,31-32,42H,17-20,23-25,28-30H2,1-16H3,(H,43,44)/b26-21+,27-22+. The Hall–Kier alpha value is -1.62. The fraction of sp³-hybridized carbons (Fsp3) is 0.854. The number of carbonyl (C=O) groups excluding carboxylic acids is 1. The first-order valence-electron chi connectivity index (χ1n) is 18.0. The van der Waals surface area contributed by atoms with Crippen LogP contribution in [0.25, 0.3) is 0 Å². The van der Waals surface area contributed by atoms with E-state index in [9.17, 15) is 19.8 Å². The quantitative estimate of drug-likeness (QED) is 0.0735. The Morgan fingerprint density at radius 1 is 0.674 bits per heavy atom. The van der Waals surface area contributed by atoms with Crippen LogP contribution in [0.1, 0.15) is 175 Å². The number of carbonyl (C=O) groups is 2. The Morgan fingerprint density at radius 2 is 1.15 bits per heavy atom. The van der Waals surface area contributed by atoms with Crippen molar-refractivity contribution in [3.8, 4) is 0 Å². The second-order valence-corrected chi connectivity index (χ2v) is 19.5. The Balaban J connectivity index is 5.69. The fourth-order valence-electron chi connectivity index (χ4n) is 7.44. The molecule has 0 spiro atoms. The van der Waals surface area contributed by atoms with Crippen molar-refractivity contribution >= 4 is 11.9 Å². The smallest absolute Gasteiger partial charge is 0.312 e. The van der Waals surface area contributed by atoms with Crippen LogP contribution < -0.4 is 0 Å². The highest BCUT2D eigenvalue weighted by Gasteiger charge is 2.41. The highest BCUT2D eigenvalue weighted by Crippen LogP contribution is 2.41. The number of aliphatic hydroxyl groups excluding tert-OH is 1. The second-order valence-electron chi connectivity index (χ2n) is 19.5. The Kier molecular flexibility index (Phi) is 16.6. The van der Waals surface area contributed by atoms with Crippen molar-refractivity contribution in [1.29, 1.82) is 0 Å². The summed E-state index contributed by atoms with van der Waals surface area (Å²) in [5.74, 6) is -0.819. The van der Waals surface area contributed by atoms with Crippen LogP contribution in [0.4, 0.5) is 0 Å². The molecule has 0 fully saturated rings. The fourth-order valence-corrected chi connectivity index (χ4v) is 7.44. The third-order valence-electron chi connectivity index (χ3n) is 9.48. The average molecular weight is 649 g/mol. The Bertz CT molecular complexity index is 1000. The van der Waals surface area contributed by atoms with E-state index in [1.54, 1.807) is 13.8 Å². The SMILES string of the molecule is CCCCCCC(C/C=C/C(C)(C)CC(C)(C)C(=O)O)C(C)(C)OC(=O)C(C)(C)CC(C)(C)/C=C/CC(O)C(C)(C)CC(C)(C)C. The molecule has 2 atom stereocenters. The van der Waals surface area contributed by atoms with Crippen molar-refractivity contribution in [2.45, 2.75) is 187 Å². The minimum atomic E-state index is -0.806. The molecule has 0 aliphatic heterocycles. The van der Waals surface area contributed by atoms with Crippen molar-refractivity contribution in [2.24, 2.45) is 38.4 Å². The van der Waals surface area contributed by atoms with Crippen LogP contribution in [-0.4, -0.2) is 33.9 Å². The second kappa shape index (κ2) is 17.2. The van der Waals surface area contributed by atoms with Crippen LogP contribution in [0, 0.1) is 38.4 Å². The molecule has 0 aromatic carbocycles. The molecule has 0 saturated carbocycles. The van der Waals surface area contributed by atoms with Gasteiger partial charge in [-0.3, -0.25) is 9.59 Å². The molecule has 0 bridgehead atoms. The molecule has 2 unspecified atom stereocenters. The van der Waals surface area contributed by atoms with Gasteiger partial charge in [-0.05, 0) is 102 Å². The molecule has 0 aromatic heterocycles. The van der Waals surface area contributed by atoms with Gasteiger partial charge in [-0.2, -0.15) is 0 Å². The van der Waals surface area contributed by atoms with Crippen molar-refractivity contribution in [3.63, 3.8) is 0 Å². The molecule has 0 aliphatic carbocycles. The number of esters is 1. The third kappa shape index (κ3) is 17.0. The first-order valence-corrected chi connectivity index (χ1v) is 18.0. The van der Waals surface area contributed by atoms with Gasteiger partial charge in [-0.25, -0.2) is 0 Å². The van der Waals surface area contributed by atoms with Gasteiger partial charge >= 0.3 is 11.9 Å². The lowest BCUT2D eigenvalue weighted by molar-refractivity contribution is -0.174. The van der Waals surface area contributed by atoms with Crippen molar-refractivity contribution in [2.75, 3.05) is 0 Å². The summed E-state index contributed by atoms with van der Waals surface area (Å²) in [5.41, 5.74) is -2.71. The van der Waals surface area contributed by atoms with Gasteiger partial charge in [-0.1, -0.05) is 119 Å². The zero-order valence-corrected chi connectivity index (χ0v) is 33.2. The molecule has 0 heterocycles. The number of rotatable bonds is 21. The minimum absolute atomic E-state index is 0.145. The van der Waals surface area contributed by atoms with Gasteiger partial charge < -0.3 is 14.9 Å². The predicted molar refractivity (Wildman–Crippen MR) is 196 cm³/mol. The van der Waals surface area contributed by atoms with E-state index in [-0.39, 0.29) is 33.5 Å². The lowest BCUT2D eigenvalue weighted by atomic mass is 9.71. The van der Waals surface area contributed by atoms with Crippen molar-refractivity contribution in [3.05, 3.63) is 24.3 Å². The van der Waals surface area contributed by atoms with E-state index in [0.29, 0.717) is 19.3 Å². The molecule has 270 valence electrons. The molecule has 0 aromatic rings. The van der Waals surface area contributed by atoms with Crippen LogP contribution >= 0.6 is 0 Å². The number of aliphatic hydroxyl groups is 1. The van der Waals surface area contributed by atoms with Gasteiger partial charge in [0.1, 0.15) is 5.60 Å². The van der Waals surface area contributed by atoms with Crippen LogP contribution in [0.15, 0.2) is 24.3 Å². The maximum atomic E-state index is 13.8. The Labute approximate surface area is 285 Å². The van der Waals surface area contributed by atoms with Gasteiger partial charge in [0.25, 0.3) is 0 Å². The molecule has 5 nitrogen and oxygen atoms in total. The van der Waals surface area contributed by atoms with Crippen molar-refractivity contribution < 1.29 is 24.5 Å². The molecule has 0 aliphatic rings. The van der Waals surface area contributed by atoms with Crippen LogP contribution in [0.2, 0.25) is 0 Å². The highest BCUT2D eigenvalue weighted by molar-refractivity contribution is 5.76. The van der Waals surface area contributed by atoms with E-state index in [4.69, 9.17) is 4.74 Å². The summed E-state index contributed by atoms with van der Waals surface area (Å²) >= 11 is 0. The van der Waals surface area contributed by atoms with Gasteiger partial charge in [0, 0.05) is 5.92 Å². The molecule has 0 saturated heterocycles. The average Bonchev–Trinajstić information content (AvgIpc) is 2.81. The topological polar surface area (TPSA) is 83.8 Å². The number of hydrogen-bond donors (Lipinski definition) is 2. The lowest BCUT2D eigenvalue weighted by Gasteiger charge is -2.39. The normalized spacial score (nSPS) is 15.8. The van der Waals surface area contributed by atoms with E-state index in [1.165, 1.54) is 12.8 Å². The largest absolute Gasteiger partial charge is 0.481 e. The maximum absolute atomic E-state index is 13.8. The van der Waals surface area contributed by atoms with Crippen LogP contribution in [-0.2, 0) is 14.3 Å². The summed E-state index contributed by atoms with van der Waals surface area (Å²) in [7, 11) is 0. The summed E-state index contributed by atoms with van der Waals surface area (Å²) in [6, 6.07) is 0. The Morgan fingerprint density at radius 3 is 1.61 bits per heavy atom. The molecular weight excluding hydrogens is 572 g/mol. The van der Waals surface area contributed by atoms with E-state index < -0.39 is 28.5 Å². The minimum Gasteiger partial charge on any atom is -0.481 e. The van der Waals surface area contributed by atoms with E-state index in [0.717, 1.165) is 32.1 Å². The lowest BCUT2D eigenvalue weighted by Crippen LogP contribution is -2.42. The number of aliphatic carboxylic acids is 1. The predicted octanol–water partition coefficient (Wildman–Crippen LogP) is 11.6. The number of carboxylic acids is 1. The zero-order chi connectivity index (χ0) is 36.4. The van der Waals surface area contributed by atoms with Gasteiger partial charge in [0.05, 0.1) is 16.9 Å². The van der Waals surface area contributed by atoms with Crippen LogP contribution in [0.3, 0.4) is 0 Å². The maximum Gasteiger partial charge on any atom is 0.312 e. The highest BCUT2D eigenvalue weighted by atomic mass is 16.6. The molecular formula is C41H76O5. The molecule has 0 amide bonds. The summed E-state index contributed by atoms with van der Waals surface area (Å²) in [5, 5.41) is 20.6. The molecule has 2 N–H and O–H groups in total. The van der Waals surface area contributed by atoms with Crippen molar-refractivity contribution in [1.82, 2.24) is 0 Å². The summed E-state index contributed by atoms with van der Waals surface area (Å²) in [6.07, 6.45) is 17.2.